The Morgan fingerprint density at radius 3 is 2.40 bits per heavy atom. The van der Waals surface area contributed by atoms with Gasteiger partial charge in [-0.05, 0) is 12.5 Å². The highest BCUT2D eigenvalue weighted by Gasteiger charge is 2.37. The van der Waals surface area contributed by atoms with Gasteiger partial charge in [-0.2, -0.15) is 0 Å². The van der Waals surface area contributed by atoms with Crippen LogP contribution in [0.25, 0.3) is 10.9 Å². The quantitative estimate of drug-likeness (QED) is 0.679. The molecule has 1 aromatic heterocycles. The Labute approximate surface area is 174 Å². The summed E-state index contributed by atoms with van der Waals surface area (Å²) in [5, 5.41) is 20.0. The first kappa shape index (κ1) is 20.8. The molecule has 1 aromatic carbocycles. The number of hydrogen-bond donors (Lipinski definition) is 2. The van der Waals surface area contributed by atoms with E-state index in [9.17, 15) is 28.2 Å². The molecule has 30 heavy (non-hydrogen) atoms. The third kappa shape index (κ3) is 4.07. The van der Waals surface area contributed by atoms with Gasteiger partial charge in [-0.3, -0.25) is 19.4 Å². The minimum atomic E-state index is -2.96. The number of nitrogens with zero attached hydrogens (tertiary/aromatic N) is 3. The zero-order chi connectivity index (χ0) is 21.5. The van der Waals surface area contributed by atoms with Gasteiger partial charge < -0.3 is 14.8 Å². The molecule has 0 bridgehead atoms. The van der Waals surface area contributed by atoms with Crippen LogP contribution in [0.2, 0.25) is 0 Å². The van der Waals surface area contributed by atoms with Crippen LogP contribution >= 0.6 is 0 Å². The Bertz CT molecular complexity index is 1070. The highest BCUT2D eigenvalue weighted by atomic mass is 32.2. The van der Waals surface area contributed by atoms with Crippen molar-refractivity contribution < 1.29 is 28.2 Å². The predicted octanol–water partition coefficient (Wildman–Crippen LogP) is 0.656. The maximum atomic E-state index is 12.2. The molecule has 2 aliphatic heterocycles. The molecule has 2 aromatic rings. The first-order valence-electron chi connectivity index (χ1n) is 9.96. The number of hydrogen-bond acceptors (Lipinski definition) is 6. The van der Waals surface area contributed by atoms with Crippen molar-refractivity contribution in [1.29, 1.82) is 0 Å². The molecule has 2 saturated heterocycles. The van der Waals surface area contributed by atoms with Crippen molar-refractivity contribution in [3.8, 4) is 0 Å². The zero-order valence-electron chi connectivity index (χ0n) is 16.5. The van der Waals surface area contributed by atoms with Gasteiger partial charge in [0.05, 0.1) is 11.5 Å². The van der Waals surface area contributed by atoms with Crippen molar-refractivity contribution in [2.45, 2.75) is 25.0 Å². The molecule has 0 saturated carbocycles. The second kappa shape index (κ2) is 8.01. The lowest BCUT2D eigenvalue weighted by atomic mass is 10.0. The highest BCUT2D eigenvalue weighted by molar-refractivity contribution is 7.91. The normalized spacial score (nSPS) is 23.5. The second-order valence-corrected chi connectivity index (χ2v) is 10.2. The van der Waals surface area contributed by atoms with E-state index in [4.69, 9.17) is 0 Å². The Kier molecular flexibility index (Phi) is 5.56. The Morgan fingerprint density at radius 1 is 1.10 bits per heavy atom. The van der Waals surface area contributed by atoms with Crippen molar-refractivity contribution in [2.24, 2.45) is 0 Å². The van der Waals surface area contributed by atoms with Gasteiger partial charge in [0.15, 0.2) is 9.84 Å². The molecule has 2 fully saturated rings. The third-order valence-corrected chi connectivity index (χ3v) is 7.84. The number of carboxylic acid groups (broad SMARTS) is 2. The number of aliphatic carboxylic acids is 2. The summed E-state index contributed by atoms with van der Waals surface area (Å²) in [4.78, 5) is 27.5. The lowest BCUT2D eigenvalue weighted by Gasteiger charge is -2.40. The van der Waals surface area contributed by atoms with Crippen molar-refractivity contribution >= 4 is 32.7 Å². The summed E-state index contributed by atoms with van der Waals surface area (Å²) < 4.78 is 25.1. The van der Waals surface area contributed by atoms with Gasteiger partial charge in [0.25, 0.3) is 0 Å². The van der Waals surface area contributed by atoms with E-state index in [1.807, 2.05) is 17.0 Å². The maximum Gasteiger partial charge on any atom is 0.325 e. The van der Waals surface area contributed by atoms with E-state index in [2.05, 4.69) is 4.90 Å². The van der Waals surface area contributed by atoms with Gasteiger partial charge in [0.1, 0.15) is 12.6 Å². The predicted molar refractivity (Wildman–Crippen MR) is 110 cm³/mol. The van der Waals surface area contributed by atoms with E-state index < -0.39 is 27.8 Å². The van der Waals surface area contributed by atoms with Crippen molar-refractivity contribution in [3.05, 3.63) is 36.0 Å². The summed E-state index contributed by atoms with van der Waals surface area (Å²) >= 11 is 0. The SMILES string of the molecule is O=C(O)Cn1cc([C@H](C(=O)O)N2CCN([C@H]3CCS(=O)(=O)C3)CC2)c2ccccc21. The van der Waals surface area contributed by atoms with Gasteiger partial charge in [-0.25, -0.2) is 8.42 Å². The monoisotopic (exact) mass is 435 g/mol. The molecule has 162 valence electrons. The summed E-state index contributed by atoms with van der Waals surface area (Å²) in [5.41, 5.74) is 1.27. The van der Waals surface area contributed by atoms with Crippen molar-refractivity contribution in [2.75, 3.05) is 37.7 Å². The number of rotatable bonds is 6. The molecule has 3 heterocycles. The smallest absolute Gasteiger partial charge is 0.325 e. The third-order valence-electron chi connectivity index (χ3n) is 6.09. The van der Waals surface area contributed by atoms with Gasteiger partial charge in [-0.1, -0.05) is 18.2 Å². The average Bonchev–Trinajstić information content (AvgIpc) is 3.23. The molecule has 9 nitrogen and oxygen atoms in total. The fourth-order valence-corrected chi connectivity index (χ4v) is 6.44. The number of para-hydroxylation sites is 1. The standard InChI is InChI=1S/C20H25N3O6S/c24-18(25)12-23-11-16(15-3-1-2-4-17(15)23)19(20(26)27)22-8-6-21(7-9-22)14-5-10-30(28,29)13-14/h1-4,11,14,19H,5-10,12-13H2,(H,24,25)(H,26,27)/t14-,19+/m0/s1. The average molecular weight is 436 g/mol. The maximum absolute atomic E-state index is 12.2. The van der Waals surface area contributed by atoms with E-state index in [1.54, 1.807) is 22.9 Å². The molecule has 0 radical (unpaired) electrons. The van der Waals surface area contributed by atoms with Crippen molar-refractivity contribution in [1.82, 2.24) is 14.4 Å². The number of sulfone groups is 1. The van der Waals surface area contributed by atoms with Gasteiger partial charge in [0.2, 0.25) is 0 Å². The van der Waals surface area contributed by atoms with Crippen LogP contribution in [0.1, 0.15) is 18.0 Å². The molecule has 4 rings (SSSR count). The fourth-order valence-electron chi connectivity index (χ4n) is 4.68. The minimum Gasteiger partial charge on any atom is -0.480 e. The summed E-state index contributed by atoms with van der Waals surface area (Å²) in [6.45, 7) is 1.99. The van der Waals surface area contributed by atoms with E-state index >= 15 is 0 Å². The number of fused-ring (bicyclic) bond motifs is 1. The molecule has 0 aliphatic carbocycles. The number of piperazine rings is 1. The Balaban J connectivity index is 1.57. The van der Waals surface area contributed by atoms with Crippen LogP contribution in [-0.4, -0.2) is 88.7 Å². The number of carbonyl (C=O) groups is 2. The summed E-state index contributed by atoms with van der Waals surface area (Å²) in [5.74, 6) is -1.57. The summed E-state index contributed by atoms with van der Waals surface area (Å²) in [6, 6.07) is 6.35. The van der Waals surface area contributed by atoms with E-state index in [1.165, 1.54) is 0 Å². The molecule has 0 spiro atoms. The summed E-state index contributed by atoms with van der Waals surface area (Å²) in [6.07, 6.45) is 2.26. The number of benzene rings is 1. The van der Waals surface area contributed by atoms with Crippen LogP contribution in [0.15, 0.2) is 30.5 Å². The lowest BCUT2D eigenvalue weighted by molar-refractivity contribution is -0.144. The Hall–Kier alpha value is -2.43. The first-order valence-corrected chi connectivity index (χ1v) is 11.8. The molecule has 2 aliphatic rings. The fraction of sp³-hybridized carbons (Fsp3) is 0.500. The molecule has 0 unspecified atom stereocenters. The van der Waals surface area contributed by atoms with Gasteiger partial charge >= 0.3 is 11.9 Å². The van der Waals surface area contributed by atoms with Crippen molar-refractivity contribution in [3.63, 3.8) is 0 Å². The Morgan fingerprint density at radius 2 is 1.80 bits per heavy atom. The van der Waals surface area contributed by atoms with E-state index in [0.717, 1.165) is 5.39 Å². The minimum absolute atomic E-state index is 0.0120. The molecular weight excluding hydrogens is 410 g/mol. The zero-order valence-corrected chi connectivity index (χ0v) is 17.3. The largest absolute Gasteiger partial charge is 0.480 e. The lowest BCUT2D eigenvalue weighted by Crippen LogP contribution is -2.52. The van der Waals surface area contributed by atoms with E-state index in [-0.39, 0.29) is 24.1 Å². The van der Waals surface area contributed by atoms with Crippen LogP contribution in [0.3, 0.4) is 0 Å². The molecule has 0 amide bonds. The second-order valence-electron chi connectivity index (χ2n) is 7.99. The number of carboxylic acids is 2. The number of aromatic nitrogens is 1. The van der Waals surface area contributed by atoms with E-state index in [0.29, 0.717) is 43.7 Å². The molecular formula is C20H25N3O6S. The molecule has 2 atom stereocenters. The molecule has 10 heteroatoms. The first-order chi connectivity index (χ1) is 14.2. The van der Waals surface area contributed by atoms with Crippen LogP contribution in [-0.2, 0) is 26.0 Å². The highest BCUT2D eigenvalue weighted by Crippen LogP contribution is 2.32. The molecule has 2 N–H and O–H groups in total. The van der Waals surface area contributed by atoms with Crippen LogP contribution in [0.5, 0.6) is 0 Å². The van der Waals surface area contributed by atoms with Crippen LogP contribution < -0.4 is 0 Å². The van der Waals surface area contributed by atoms with Gasteiger partial charge in [-0.15, -0.1) is 0 Å². The summed E-state index contributed by atoms with van der Waals surface area (Å²) in [7, 11) is -2.96. The topological polar surface area (TPSA) is 120 Å². The van der Waals surface area contributed by atoms with Crippen LogP contribution in [0, 0.1) is 0 Å². The van der Waals surface area contributed by atoms with Gasteiger partial charge in [0, 0.05) is 54.9 Å². The van der Waals surface area contributed by atoms with Crippen LogP contribution in [0.4, 0.5) is 0 Å².